The second kappa shape index (κ2) is 8.03. The fourth-order valence-corrected chi connectivity index (χ4v) is 2.58. The minimum absolute atomic E-state index is 0.0931. The number of aryl methyl sites for hydroxylation is 2. The molecular formula is C17H22OS. The Morgan fingerprint density at radius 1 is 0.895 bits per heavy atom. The van der Waals surface area contributed by atoms with E-state index in [0.717, 1.165) is 10.5 Å². The van der Waals surface area contributed by atoms with Crippen LogP contribution in [0.5, 0.6) is 0 Å². The molecule has 2 rings (SSSR count). The van der Waals surface area contributed by atoms with Gasteiger partial charge in [-0.1, -0.05) is 61.0 Å². The summed E-state index contributed by atoms with van der Waals surface area (Å²) in [7, 11) is 0. The van der Waals surface area contributed by atoms with Crippen LogP contribution in [-0.2, 0) is 6.61 Å². The summed E-state index contributed by atoms with van der Waals surface area (Å²) in [6.07, 6.45) is 0. The maximum absolute atomic E-state index is 9.35. The van der Waals surface area contributed by atoms with Gasteiger partial charge in [0, 0.05) is 9.79 Å². The van der Waals surface area contributed by atoms with E-state index in [1.807, 2.05) is 26.8 Å². The van der Waals surface area contributed by atoms with E-state index in [1.54, 1.807) is 11.8 Å². The van der Waals surface area contributed by atoms with Crippen LogP contribution in [0.15, 0.2) is 52.3 Å². The zero-order valence-corrected chi connectivity index (χ0v) is 12.9. The van der Waals surface area contributed by atoms with Crippen molar-refractivity contribution in [3.8, 4) is 0 Å². The van der Waals surface area contributed by atoms with E-state index in [9.17, 15) is 5.11 Å². The van der Waals surface area contributed by atoms with Gasteiger partial charge >= 0.3 is 0 Å². The number of benzene rings is 2. The van der Waals surface area contributed by atoms with Crippen molar-refractivity contribution in [1.29, 1.82) is 0 Å². The van der Waals surface area contributed by atoms with Crippen molar-refractivity contribution in [2.45, 2.75) is 44.1 Å². The third-order valence-electron chi connectivity index (χ3n) is 2.64. The zero-order valence-electron chi connectivity index (χ0n) is 12.1. The smallest absolute Gasteiger partial charge is 0.0692 e. The maximum Gasteiger partial charge on any atom is 0.0692 e. The van der Waals surface area contributed by atoms with E-state index in [-0.39, 0.29) is 6.61 Å². The lowest BCUT2D eigenvalue weighted by molar-refractivity contribution is 0.279. The van der Waals surface area contributed by atoms with Gasteiger partial charge in [-0.3, -0.25) is 0 Å². The Bertz CT molecular complexity index is 503. The summed E-state index contributed by atoms with van der Waals surface area (Å²) in [6.45, 7) is 8.22. The van der Waals surface area contributed by atoms with E-state index in [1.165, 1.54) is 16.0 Å². The van der Waals surface area contributed by atoms with E-state index in [4.69, 9.17) is 0 Å². The lowest BCUT2D eigenvalue weighted by Gasteiger charge is -2.08. The minimum Gasteiger partial charge on any atom is -0.392 e. The van der Waals surface area contributed by atoms with Crippen molar-refractivity contribution >= 4 is 11.8 Å². The zero-order chi connectivity index (χ0) is 14.3. The molecule has 1 N–H and O–H groups in total. The molecule has 0 spiro atoms. The van der Waals surface area contributed by atoms with E-state index in [2.05, 4.69) is 43.3 Å². The first-order chi connectivity index (χ1) is 9.19. The lowest BCUT2D eigenvalue weighted by atomic mass is 10.1. The quantitative estimate of drug-likeness (QED) is 0.852. The third kappa shape index (κ3) is 4.73. The molecule has 0 amide bonds. The molecule has 0 fully saturated rings. The highest BCUT2D eigenvalue weighted by molar-refractivity contribution is 7.99. The summed E-state index contributed by atoms with van der Waals surface area (Å²) < 4.78 is 0. The average molecular weight is 274 g/mol. The van der Waals surface area contributed by atoms with Crippen molar-refractivity contribution in [1.82, 2.24) is 0 Å². The Labute approximate surface area is 120 Å². The molecule has 0 saturated heterocycles. The molecular weight excluding hydrogens is 252 g/mol. The molecule has 0 unspecified atom stereocenters. The van der Waals surface area contributed by atoms with Crippen molar-refractivity contribution < 1.29 is 5.11 Å². The standard InChI is InChI=1S/C15H16OS.C2H6/c1-11-3-6-14(7-4-11)17-15-8-5-12(2)9-13(15)10-16;1-2/h3-9,16H,10H2,1-2H3;1-2H3. The fourth-order valence-electron chi connectivity index (χ4n) is 1.66. The molecule has 2 aromatic carbocycles. The van der Waals surface area contributed by atoms with Crippen molar-refractivity contribution in [2.24, 2.45) is 0 Å². The number of hydrogen-bond acceptors (Lipinski definition) is 2. The van der Waals surface area contributed by atoms with Gasteiger partial charge in [-0.15, -0.1) is 0 Å². The van der Waals surface area contributed by atoms with Crippen LogP contribution in [-0.4, -0.2) is 5.11 Å². The minimum atomic E-state index is 0.0931. The highest BCUT2D eigenvalue weighted by Gasteiger charge is 2.04. The van der Waals surface area contributed by atoms with E-state index in [0.29, 0.717) is 0 Å². The SMILES string of the molecule is CC.Cc1ccc(Sc2ccc(C)cc2CO)cc1. The first-order valence-electron chi connectivity index (χ1n) is 6.64. The molecule has 0 heterocycles. The molecule has 1 nitrogen and oxygen atoms in total. The molecule has 0 bridgehead atoms. The topological polar surface area (TPSA) is 20.2 Å². The molecule has 0 aromatic heterocycles. The normalized spacial score (nSPS) is 9.74. The summed E-state index contributed by atoms with van der Waals surface area (Å²) in [6, 6.07) is 14.6. The summed E-state index contributed by atoms with van der Waals surface area (Å²) in [5, 5.41) is 9.35. The number of rotatable bonds is 3. The summed E-state index contributed by atoms with van der Waals surface area (Å²) in [5.74, 6) is 0. The van der Waals surface area contributed by atoms with Crippen LogP contribution >= 0.6 is 11.8 Å². The summed E-state index contributed by atoms with van der Waals surface area (Å²) in [5.41, 5.74) is 3.44. The van der Waals surface area contributed by atoms with Gasteiger partial charge in [-0.2, -0.15) is 0 Å². The molecule has 102 valence electrons. The highest BCUT2D eigenvalue weighted by Crippen LogP contribution is 2.31. The molecule has 0 radical (unpaired) electrons. The first kappa shape index (κ1) is 15.8. The van der Waals surface area contributed by atoms with Gasteiger partial charge in [0.25, 0.3) is 0 Å². The van der Waals surface area contributed by atoms with Gasteiger partial charge in [-0.25, -0.2) is 0 Å². The second-order valence-corrected chi connectivity index (χ2v) is 5.30. The Balaban J connectivity index is 0.000000861. The molecule has 2 aromatic rings. The number of aliphatic hydroxyl groups excluding tert-OH is 1. The molecule has 2 heteroatoms. The molecule has 0 aliphatic heterocycles. The van der Waals surface area contributed by atoms with Gasteiger partial charge in [0.05, 0.1) is 6.61 Å². The largest absolute Gasteiger partial charge is 0.392 e. The first-order valence-corrected chi connectivity index (χ1v) is 7.45. The van der Waals surface area contributed by atoms with Crippen molar-refractivity contribution in [3.05, 3.63) is 59.2 Å². The van der Waals surface area contributed by atoms with Crippen LogP contribution in [0.3, 0.4) is 0 Å². The van der Waals surface area contributed by atoms with Crippen molar-refractivity contribution in [2.75, 3.05) is 0 Å². The molecule has 0 aliphatic rings. The van der Waals surface area contributed by atoms with Crippen molar-refractivity contribution in [3.63, 3.8) is 0 Å². The van der Waals surface area contributed by atoms with E-state index >= 15 is 0 Å². The van der Waals surface area contributed by atoms with Gasteiger partial charge in [-0.05, 0) is 37.6 Å². The Kier molecular flexibility index (Phi) is 6.68. The molecule has 0 atom stereocenters. The van der Waals surface area contributed by atoms with Crippen LogP contribution in [0.25, 0.3) is 0 Å². The van der Waals surface area contributed by atoms with E-state index < -0.39 is 0 Å². The predicted molar refractivity (Wildman–Crippen MR) is 83.8 cm³/mol. The molecule has 0 aliphatic carbocycles. The van der Waals surface area contributed by atoms with Gasteiger partial charge in [0.15, 0.2) is 0 Å². The van der Waals surface area contributed by atoms with Crippen LogP contribution in [0.2, 0.25) is 0 Å². The summed E-state index contributed by atoms with van der Waals surface area (Å²) >= 11 is 1.70. The van der Waals surface area contributed by atoms with Crippen LogP contribution < -0.4 is 0 Å². The molecule has 19 heavy (non-hydrogen) atoms. The summed E-state index contributed by atoms with van der Waals surface area (Å²) in [4.78, 5) is 2.33. The average Bonchev–Trinajstić information content (AvgIpc) is 2.45. The van der Waals surface area contributed by atoms with Crippen LogP contribution in [0, 0.1) is 13.8 Å². The Morgan fingerprint density at radius 2 is 1.47 bits per heavy atom. The lowest BCUT2D eigenvalue weighted by Crippen LogP contribution is -1.88. The third-order valence-corrected chi connectivity index (χ3v) is 3.76. The fraction of sp³-hybridized carbons (Fsp3) is 0.294. The Morgan fingerprint density at radius 3 is 2.05 bits per heavy atom. The van der Waals surface area contributed by atoms with Gasteiger partial charge in [0.2, 0.25) is 0 Å². The van der Waals surface area contributed by atoms with Gasteiger partial charge in [0.1, 0.15) is 0 Å². The molecule has 0 saturated carbocycles. The van der Waals surface area contributed by atoms with Crippen LogP contribution in [0.4, 0.5) is 0 Å². The van der Waals surface area contributed by atoms with Gasteiger partial charge < -0.3 is 5.11 Å². The Hall–Kier alpha value is -1.25. The number of hydrogen-bond donors (Lipinski definition) is 1. The maximum atomic E-state index is 9.35. The number of aliphatic hydroxyl groups is 1. The monoisotopic (exact) mass is 274 g/mol. The van der Waals surface area contributed by atoms with Crippen LogP contribution in [0.1, 0.15) is 30.5 Å². The highest BCUT2D eigenvalue weighted by atomic mass is 32.2. The second-order valence-electron chi connectivity index (χ2n) is 4.18. The predicted octanol–water partition coefficient (Wildman–Crippen LogP) is 4.97.